The van der Waals surface area contributed by atoms with Crippen molar-refractivity contribution in [2.75, 3.05) is 25.0 Å². The number of ether oxygens (including phenoxy) is 1. The van der Waals surface area contributed by atoms with E-state index in [1.807, 2.05) is 6.92 Å². The third-order valence-corrected chi connectivity index (χ3v) is 7.97. The highest BCUT2D eigenvalue weighted by Gasteiger charge is 2.42. The lowest BCUT2D eigenvalue weighted by Gasteiger charge is -2.30. The predicted octanol–water partition coefficient (Wildman–Crippen LogP) is 3.81. The molecule has 2 atom stereocenters. The largest absolute Gasteiger partial charge is 0.487 e. The number of nitrogens with one attached hydrogen (secondary N) is 1. The molecule has 0 unspecified atom stereocenters. The Morgan fingerprint density at radius 1 is 1.13 bits per heavy atom. The first-order valence-electron chi connectivity index (χ1n) is 10.00. The van der Waals surface area contributed by atoms with Crippen molar-refractivity contribution in [1.29, 1.82) is 0 Å². The second-order valence-electron chi connectivity index (χ2n) is 7.35. The van der Waals surface area contributed by atoms with E-state index in [2.05, 4.69) is 5.32 Å². The average Bonchev–Trinajstić information content (AvgIpc) is 2.97. The first kappa shape index (κ1) is 21.0. The van der Waals surface area contributed by atoms with Crippen LogP contribution < -0.4 is 10.1 Å². The van der Waals surface area contributed by atoms with E-state index in [0.717, 1.165) is 0 Å². The van der Waals surface area contributed by atoms with Crippen LogP contribution in [0.1, 0.15) is 19.8 Å². The van der Waals surface area contributed by atoms with Gasteiger partial charge in [-0.3, -0.25) is 0 Å². The van der Waals surface area contributed by atoms with Crippen LogP contribution in [0.4, 0.5) is 10.5 Å². The second kappa shape index (κ2) is 8.45. The lowest BCUT2D eigenvalue weighted by Crippen LogP contribution is -2.47. The number of amides is 2. The molecule has 0 bridgehead atoms. The third-order valence-electron chi connectivity index (χ3n) is 5.61. The number of anilines is 1. The molecule has 7 nitrogen and oxygen atoms in total. The number of fused-ring (bicyclic) bond motifs is 2. The van der Waals surface area contributed by atoms with Gasteiger partial charge in [0.1, 0.15) is 16.7 Å². The van der Waals surface area contributed by atoms with Crippen LogP contribution in [0.5, 0.6) is 5.75 Å². The van der Waals surface area contributed by atoms with Gasteiger partial charge in [-0.2, -0.15) is 4.31 Å². The Hall–Kier alpha value is -2.29. The summed E-state index contributed by atoms with van der Waals surface area (Å²) in [5, 5.41) is 3.31. The van der Waals surface area contributed by atoms with Gasteiger partial charge in [-0.25, -0.2) is 13.2 Å². The third kappa shape index (κ3) is 3.87. The summed E-state index contributed by atoms with van der Waals surface area (Å²) in [7, 11) is -3.68. The number of carbonyl (C=O) groups excluding carboxylic acids is 1. The molecule has 160 valence electrons. The molecular formula is C21H24ClN3O4S. The molecule has 9 heteroatoms. The number of likely N-dealkylation sites (N-methyl/N-ethyl adjacent to an activating group) is 1. The molecule has 0 aliphatic carbocycles. The van der Waals surface area contributed by atoms with Crippen molar-refractivity contribution in [2.45, 2.75) is 36.8 Å². The summed E-state index contributed by atoms with van der Waals surface area (Å²) < 4.78 is 34.2. The fourth-order valence-corrected chi connectivity index (χ4v) is 6.11. The molecule has 2 aliphatic rings. The number of hydrogen-bond donors (Lipinski definition) is 1. The number of para-hydroxylation sites is 2. The van der Waals surface area contributed by atoms with E-state index in [1.54, 1.807) is 53.4 Å². The molecule has 0 saturated carbocycles. The zero-order chi connectivity index (χ0) is 21.3. The fraction of sp³-hybridized carbons (Fsp3) is 0.381. The van der Waals surface area contributed by atoms with Gasteiger partial charge in [0.25, 0.3) is 0 Å². The highest BCUT2D eigenvalue weighted by Crippen LogP contribution is 2.36. The van der Waals surface area contributed by atoms with E-state index in [4.69, 9.17) is 16.3 Å². The molecule has 0 spiro atoms. The van der Waals surface area contributed by atoms with Gasteiger partial charge in [0, 0.05) is 26.1 Å². The zero-order valence-corrected chi connectivity index (χ0v) is 18.2. The molecule has 0 aromatic heterocycles. The van der Waals surface area contributed by atoms with Gasteiger partial charge in [0.05, 0.1) is 16.8 Å². The highest BCUT2D eigenvalue weighted by molar-refractivity contribution is 7.89. The van der Waals surface area contributed by atoms with Crippen LogP contribution in [0.25, 0.3) is 0 Å². The van der Waals surface area contributed by atoms with Gasteiger partial charge in [-0.1, -0.05) is 42.8 Å². The summed E-state index contributed by atoms with van der Waals surface area (Å²) in [6, 6.07) is 13.2. The number of carbonyl (C=O) groups is 1. The summed E-state index contributed by atoms with van der Waals surface area (Å²) in [4.78, 5) is 14.7. The van der Waals surface area contributed by atoms with Gasteiger partial charge in [-0.15, -0.1) is 0 Å². The minimum Gasteiger partial charge on any atom is -0.487 e. The van der Waals surface area contributed by atoms with Crippen LogP contribution in [0.15, 0.2) is 53.4 Å². The van der Waals surface area contributed by atoms with E-state index in [9.17, 15) is 13.2 Å². The van der Waals surface area contributed by atoms with Crippen molar-refractivity contribution >= 4 is 33.3 Å². The van der Waals surface area contributed by atoms with Gasteiger partial charge in [0.15, 0.2) is 0 Å². The molecule has 1 N–H and O–H groups in total. The SMILES string of the molecule is CCN1[C@@H]2CCN(C(=O)Nc3ccccc3Cl)CC[C@H]2Oc2ccccc2S1(=O)=O. The standard InChI is InChI=1S/C21H24ClN3O4S/c1-2-25-17-11-13-24(21(26)23-16-8-4-3-7-15(16)22)14-12-18(17)29-19-9-5-6-10-20(19)30(25,27)28/h3-10,17-18H,2,11-14H2,1H3,(H,23,26)/t17-,18-/m1/s1. The number of likely N-dealkylation sites (tertiary alicyclic amines) is 1. The second-order valence-corrected chi connectivity index (χ2v) is 9.62. The summed E-state index contributed by atoms with van der Waals surface area (Å²) in [6.07, 6.45) is 0.685. The van der Waals surface area contributed by atoms with Crippen molar-refractivity contribution in [3.63, 3.8) is 0 Å². The number of sulfonamides is 1. The zero-order valence-electron chi connectivity index (χ0n) is 16.6. The number of urea groups is 1. The molecule has 0 radical (unpaired) electrons. The van der Waals surface area contributed by atoms with Crippen LogP contribution >= 0.6 is 11.6 Å². The Labute approximate surface area is 181 Å². The average molecular weight is 450 g/mol. The summed E-state index contributed by atoms with van der Waals surface area (Å²) in [5.41, 5.74) is 0.547. The van der Waals surface area contributed by atoms with Crippen molar-refractivity contribution in [3.8, 4) is 5.75 Å². The summed E-state index contributed by atoms with van der Waals surface area (Å²) >= 11 is 6.15. The topological polar surface area (TPSA) is 79.0 Å². The minimum atomic E-state index is -3.68. The van der Waals surface area contributed by atoms with E-state index < -0.39 is 10.0 Å². The molecule has 4 rings (SSSR count). The van der Waals surface area contributed by atoms with Crippen LogP contribution in [0, 0.1) is 0 Å². The summed E-state index contributed by atoms with van der Waals surface area (Å²) in [5.74, 6) is 0.373. The maximum atomic E-state index is 13.3. The number of hydrogen-bond acceptors (Lipinski definition) is 4. The Balaban J connectivity index is 1.57. The molecule has 1 saturated heterocycles. The van der Waals surface area contributed by atoms with Crippen molar-refractivity contribution in [2.24, 2.45) is 0 Å². The van der Waals surface area contributed by atoms with Gasteiger partial charge < -0.3 is 15.0 Å². The number of halogens is 1. The monoisotopic (exact) mass is 449 g/mol. The van der Waals surface area contributed by atoms with E-state index in [0.29, 0.717) is 48.9 Å². The van der Waals surface area contributed by atoms with E-state index in [1.165, 1.54) is 4.31 Å². The minimum absolute atomic E-state index is 0.202. The first-order chi connectivity index (χ1) is 14.4. The molecule has 2 amide bonds. The molecule has 2 heterocycles. The van der Waals surface area contributed by atoms with E-state index in [-0.39, 0.29) is 23.1 Å². The summed E-state index contributed by atoms with van der Waals surface area (Å²) in [6.45, 7) is 3.04. The van der Waals surface area contributed by atoms with Gasteiger partial charge >= 0.3 is 6.03 Å². The van der Waals surface area contributed by atoms with E-state index >= 15 is 0 Å². The van der Waals surface area contributed by atoms with Crippen molar-refractivity contribution < 1.29 is 17.9 Å². The molecule has 2 aromatic carbocycles. The lowest BCUT2D eigenvalue weighted by molar-refractivity contribution is 0.115. The Morgan fingerprint density at radius 3 is 2.60 bits per heavy atom. The Morgan fingerprint density at radius 2 is 1.83 bits per heavy atom. The first-order valence-corrected chi connectivity index (χ1v) is 11.8. The van der Waals surface area contributed by atoms with Gasteiger partial charge in [-0.05, 0) is 30.7 Å². The smallest absolute Gasteiger partial charge is 0.321 e. The van der Waals surface area contributed by atoms with Crippen LogP contribution in [-0.2, 0) is 10.0 Å². The van der Waals surface area contributed by atoms with Crippen LogP contribution in [-0.4, -0.2) is 55.4 Å². The number of nitrogens with zero attached hydrogens (tertiary/aromatic N) is 2. The maximum absolute atomic E-state index is 13.3. The quantitative estimate of drug-likeness (QED) is 0.756. The molecule has 2 aliphatic heterocycles. The lowest BCUT2D eigenvalue weighted by atomic mass is 10.1. The number of benzene rings is 2. The fourth-order valence-electron chi connectivity index (χ4n) is 4.12. The molecular weight excluding hydrogens is 426 g/mol. The predicted molar refractivity (Wildman–Crippen MR) is 115 cm³/mol. The van der Waals surface area contributed by atoms with Crippen LogP contribution in [0.3, 0.4) is 0 Å². The molecule has 2 aromatic rings. The van der Waals surface area contributed by atoms with Gasteiger partial charge in [0.2, 0.25) is 10.0 Å². The van der Waals surface area contributed by atoms with Crippen molar-refractivity contribution in [3.05, 3.63) is 53.6 Å². The molecule has 1 fully saturated rings. The Bertz CT molecular complexity index is 1050. The van der Waals surface area contributed by atoms with Crippen molar-refractivity contribution in [1.82, 2.24) is 9.21 Å². The Kier molecular flexibility index (Phi) is 5.90. The maximum Gasteiger partial charge on any atom is 0.321 e. The highest BCUT2D eigenvalue weighted by atomic mass is 35.5. The number of rotatable bonds is 2. The molecule has 30 heavy (non-hydrogen) atoms. The normalized spacial score (nSPS) is 23.3. The van der Waals surface area contributed by atoms with Crippen LogP contribution in [0.2, 0.25) is 5.02 Å².